The van der Waals surface area contributed by atoms with Crippen LogP contribution in [0.3, 0.4) is 0 Å². The third-order valence-electron chi connectivity index (χ3n) is 2.48. The molecule has 0 saturated heterocycles. The summed E-state index contributed by atoms with van der Waals surface area (Å²) >= 11 is 2.11. The average Bonchev–Trinajstić information content (AvgIpc) is 2.20. The Kier molecular flexibility index (Phi) is 12.0. The van der Waals surface area contributed by atoms with Crippen LogP contribution >= 0.6 is 11.8 Å². The molecular formula is C14H31NS. The van der Waals surface area contributed by atoms with Crippen molar-refractivity contribution in [1.29, 1.82) is 0 Å². The molecule has 0 saturated carbocycles. The van der Waals surface area contributed by atoms with E-state index in [9.17, 15) is 0 Å². The van der Waals surface area contributed by atoms with E-state index >= 15 is 0 Å². The molecule has 0 unspecified atom stereocenters. The van der Waals surface area contributed by atoms with Gasteiger partial charge in [-0.05, 0) is 62.1 Å². The Morgan fingerprint density at radius 3 is 2.19 bits per heavy atom. The summed E-state index contributed by atoms with van der Waals surface area (Å²) in [6.45, 7) is 11.6. The maximum atomic E-state index is 3.53. The highest BCUT2D eigenvalue weighted by molar-refractivity contribution is 7.99. The standard InChI is InChI=1S/C14H31NS/c1-13(2)8-7-10-15-9-5-6-11-16-12-14(3)4/h13-15H,5-12H2,1-4H3. The van der Waals surface area contributed by atoms with Crippen LogP contribution in [0.1, 0.15) is 53.4 Å². The largest absolute Gasteiger partial charge is 0.317 e. The zero-order valence-electron chi connectivity index (χ0n) is 11.7. The summed E-state index contributed by atoms with van der Waals surface area (Å²) in [7, 11) is 0. The lowest BCUT2D eigenvalue weighted by atomic mass is 10.1. The van der Waals surface area contributed by atoms with Crippen LogP contribution in [0.15, 0.2) is 0 Å². The Morgan fingerprint density at radius 2 is 1.56 bits per heavy atom. The molecule has 2 heteroatoms. The summed E-state index contributed by atoms with van der Waals surface area (Å²) in [4.78, 5) is 0. The van der Waals surface area contributed by atoms with E-state index in [1.165, 1.54) is 50.3 Å². The average molecular weight is 245 g/mol. The quantitative estimate of drug-likeness (QED) is 0.548. The summed E-state index contributed by atoms with van der Waals surface area (Å²) in [5, 5.41) is 3.53. The van der Waals surface area contributed by atoms with Gasteiger partial charge in [-0.3, -0.25) is 0 Å². The molecule has 0 atom stereocenters. The molecule has 0 rings (SSSR count). The molecule has 0 aliphatic rings. The second-order valence-corrected chi connectivity index (χ2v) is 6.61. The highest BCUT2D eigenvalue weighted by atomic mass is 32.2. The van der Waals surface area contributed by atoms with E-state index < -0.39 is 0 Å². The monoisotopic (exact) mass is 245 g/mol. The molecule has 0 heterocycles. The van der Waals surface area contributed by atoms with Gasteiger partial charge < -0.3 is 5.32 Å². The van der Waals surface area contributed by atoms with Crippen molar-refractivity contribution in [3.8, 4) is 0 Å². The second kappa shape index (κ2) is 11.8. The van der Waals surface area contributed by atoms with Gasteiger partial charge in [0.2, 0.25) is 0 Å². The summed E-state index contributed by atoms with van der Waals surface area (Å²) in [6.07, 6.45) is 5.40. The molecule has 0 aromatic carbocycles. The van der Waals surface area contributed by atoms with E-state index in [1.54, 1.807) is 0 Å². The van der Waals surface area contributed by atoms with Crippen LogP contribution in [0.25, 0.3) is 0 Å². The number of nitrogens with one attached hydrogen (secondary N) is 1. The molecule has 1 nitrogen and oxygen atoms in total. The maximum Gasteiger partial charge on any atom is -0.00444 e. The highest BCUT2D eigenvalue weighted by Gasteiger charge is 1.95. The molecule has 0 bridgehead atoms. The Morgan fingerprint density at radius 1 is 0.875 bits per heavy atom. The van der Waals surface area contributed by atoms with Gasteiger partial charge in [0.15, 0.2) is 0 Å². The molecule has 0 spiro atoms. The molecule has 1 N–H and O–H groups in total. The summed E-state index contributed by atoms with van der Waals surface area (Å²) in [5.74, 6) is 4.36. The highest BCUT2D eigenvalue weighted by Crippen LogP contribution is 2.09. The van der Waals surface area contributed by atoms with Crippen molar-refractivity contribution in [3.63, 3.8) is 0 Å². The van der Waals surface area contributed by atoms with Gasteiger partial charge in [0.25, 0.3) is 0 Å². The van der Waals surface area contributed by atoms with Crippen molar-refractivity contribution in [2.45, 2.75) is 53.4 Å². The minimum absolute atomic E-state index is 0.846. The van der Waals surface area contributed by atoms with E-state index in [2.05, 4.69) is 44.8 Å². The van der Waals surface area contributed by atoms with E-state index in [0.29, 0.717) is 0 Å². The second-order valence-electron chi connectivity index (χ2n) is 5.46. The summed E-state index contributed by atoms with van der Waals surface area (Å²) in [5.41, 5.74) is 0. The van der Waals surface area contributed by atoms with Gasteiger partial charge in [-0.2, -0.15) is 11.8 Å². The minimum atomic E-state index is 0.846. The first-order valence-corrected chi connectivity index (χ1v) is 8.07. The van der Waals surface area contributed by atoms with Gasteiger partial charge in [0.1, 0.15) is 0 Å². The summed E-state index contributed by atoms with van der Waals surface area (Å²) < 4.78 is 0. The molecule has 16 heavy (non-hydrogen) atoms. The molecule has 0 fully saturated rings. The first-order chi connectivity index (χ1) is 7.63. The Bertz CT molecular complexity index is 119. The molecule has 0 amide bonds. The lowest BCUT2D eigenvalue weighted by Crippen LogP contribution is -2.17. The van der Waals surface area contributed by atoms with Gasteiger partial charge in [-0.1, -0.05) is 27.7 Å². The lowest BCUT2D eigenvalue weighted by Gasteiger charge is -2.07. The smallest absolute Gasteiger partial charge is 0.00444 e. The van der Waals surface area contributed by atoms with E-state index in [1.807, 2.05) is 0 Å². The Labute approximate surface area is 107 Å². The van der Waals surface area contributed by atoms with Gasteiger partial charge in [0.05, 0.1) is 0 Å². The van der Waals surface area contributed by atoms with Crippen molar-refractivity contribution in [1.82, 2.24) is 5.32 Å². The molecular weight excluding hydrogens is 214 g/mol. The third-order valence-corrected chi connectivity index (χ3v) is 3.96. The predicted molar refractivity (Wildman–Crippen MR) is 78.3 cm³/mol. The van der Waals surface area contributed by atoms with Gasteiger partial charge in [0, 0.05) is 0 Å². The fourth-order valence-electron chi connectivity index (χ4n) is 1.53. The minimum Gasteiger partial charge on any atom is -0.317 e. The molecule has 0 aliphatic carbocycles. The third kappa shape index (κ3) is 14.3. The number of unbranched alkanes of at least 4 members (excludes halogenated alkanes) is 1. The molecule has 0 aliphatic heterocycles. The zero-order valence-corrected chi connectivity index (χ0v) is 12.5. The first-order valence-electron chi connectivity index (χ1n) is 6.91. The molecule has 0 radical (unpaired) electrons. The Hall–Kier alpha value is 0.310. The van der Waals surface area contributed by atoms with Crippen LogP contribution in [0.4, 0.5) is 0 Å². The zero-order chi connectivity index (χ0) is 12.2. The van der Waals surface area contributed by atoms with Crippen LogP contribution in [0.2, 0.25) is 0 Å². The van der Waals surface area contributed by atoms with Gasteiger partial charge in [-0.25, -0.2) is 0 Å². The molecule has 98 valence electrons. The number of thioether (sulfide) groups is 1. The summed E-state index contributed by atoms with van der Waals surface area (Å²) in [6, 6.07) is 0. The first kappa shape index (κ1) is 16.3. The van der Waals surface area contributed by atoms with Crippen LogP contribution in [-0.4, -0.2) is 24.6 Å². The van der Waals surface area contributed by atoms with Crippen molar-refractivity contribution in [2.75, 3.05) is 24.6 Å². The van der Waals surface area contributed by atoms with E-state index in [-0.39, 0.29) is 0 Å². The lowest BCUT2D eigenvalue weighted by molar-refractivity contribution is 0.523. The SMILES string of the molecule is CC(C)CCCNCCCCSCC(C)C. The van der Waals surface area contributed by atoms with Crippen molar-refractivity contribution >= 4 is 11.8 Å². The maximum absolute atomic E-state index is 3.53. The van der Waals surface area contributed by atoms with E-state index in [0.717, 1.165) is 11.8 Å². The fourth-order valence-corrected chi connectivity index (χ4v) is 2.58. The van der Waals surface area contributed by atoms with E-state index in [4.69, 9.17) is 0 Å². The number of rotatable bonds is 11. The topological polar surface area (TPSA) is 12.0 Å². The van der Waals surface area contributed by atoms with Crippen molar-refractivity contribution < 1.29 is 0 Å². The van der Waals surface area contributed by atoms with Gasteiger partial charge >= 0.3 is 0 Å². The fraction of sp³-hybridized carbons (Fsp3) is 1.00. The predicted octanol–water partition coefficient (Wildman–Crippen LogP) is 4.18. The number of hydrogen-bond acceptors (Lipinski definition) is 2. The van der Waals surface area contributed by atoms with Crippen LogP contribution in [0, 0.1) is 11.8 Å². The van der Waals surface area contributed by atoms with Crippen molar-refractivity contribution in [2.24, 2.45) is 11.8 Å². The van der Waals surface area contributed by atoms with Crippen LogP contribution in [-0.2, 0) is 0 Å². The number of hydrogen-bond donors (Lipinski definition) is 1. The Balaban J connectivity index is 2.93. The molecule has 0 aromatic heterocycles. The van der Waals surface area contributed by atoms with Gasteiger partial charge in [-0.15, -0.1) is 0 Å². The van der Waals surface area contributed by atoms with Crippen LogP contribution in [0.5, 0.6) is 0 Å². The normalized spacial score (nSPS) is 11.6. The molecule has 0 aromatic rings. The van der Waals surface area contributed by atoms with Crippen LogP contribution < -0.4 is 5.32 Å². The van der Waals surface area contributed by atoms with Crippen molar-refractivity contribution in [3.05, 3.63) is 0 Å².